The minimum absolute atomic E-state index is 0.188. The van der Waals surface area contributed by atoms with Crippen molar-refractivity contribution in [1.29, 1.82) is 0 Å². The lowest BCUT2D eigenvalue weighted by atomic mass is 9.99. The molecule has 0 amide bonds. The Bertz CT molecular complexity index is 395. The van der Waals surface area contributed by atoms with Crippen molar-refractivity contribution in [2.75, 3.05) is 12.9 Å². The van der Waals surface area contributed by atoms with E-state index in [2.05, 4.69) is 15.5 Å². The largest absolute Gasteiger partial charge is 0.468 e. The number of aromatic nitrogens is 2. The third-order valence-corrected chi connectivity index (χ3v) is 4.77. The van der Waals surface area contributed by atoms with Gasteiger partial charge < -0.3 is 4.74 Å². The average molecular weight is 287 g/mol. The molecule has 18 heavy (non-hydrogen) atoms. The maximum Gasteiger partial charge on any atom is 0.325 e. The topological polar surface area (TPSA) is 64.1 Å². The van der Waals surface area contributed by atoms with Crippen LogP contribution < -0.4 is 5.32 Å². The molecule has 0 aromatic carbocycles. The molecule has 1 aliphatic rings. The van der Waals surface area contributed by atoms with Crippen LogP contribution in [0, 0.1) is 0 Å². The van der Waals surface area contributed by atoms with Gasteiger partial charge in [-0.05, 0) is 26.2 Å². The maximum atomic E-state index is 11.9. The molecule has 1 aromatic heterocycles. The fourth-order valence-electron chi connectivity index (χ4n) is 1.70. The number of carbonyl (C=O) groups excluding carboxylic acids is 1. The fourth-order valence-corrected chi connectivity index (χ4v) is 3.42. The molecule has 0 bridgehead atoms. The Labute approximate surface area is 115 Å². The number of nitrogens with zero attached hydrogens (tertiary/aromatic N) is 2. The molecule has 2 rings (SSSR count). The van der Waals surface area contributed by atoms with E-state index in [0.717, 1.165) is 29.4 Å². The molecule has 1 aromatic rings. The van der Waals surface area contributed by atoms with Gasteiger partial charge in [0.15, 0.2) is 4.34 Å². The van der Waals surface area contributed by atoms with Gasteiger partial charge in [0.2, 0.25) is 0 Å². The zero-order valence-corrected chi connectivity index (χ0v) is 12.1. The van der Waals surface area contributed by atoms with Crippen molar-refractivity contribution in [2.45, 2.75) is 42.1 Å². The van der Waals surface area contributed by atoms with Crippen molar-refractivity contribution in [1.82, 2.24) is 15.5 Å². The van der Waals surface area contributed by atoms with Crippen LogP contribution in [0.15, 0.2) is 9.85 Å². The highest BCUT2D eigenvalue weighted by Gasteiger charge is 2.38. The molecule has 1 N–H and O–H groups in total. The Morgan fingerprint density at radius 3 is 3.06 bits per heavy atom. The number of nitrogens with one attached hydrogen (secondary N) is 1. The molecule has 1 heterocycles. The molecule has 0 spiro atoms. The Morgan fingerprint density at radius 1 is 1.72 bits per heavy atom. The van der Waals surface area contributed by atoms with Crippen LogP contribution in [0.2, 0.25) is 0 Å². The van der Waals surface area contributed by atoms with E-state index in [0.29, 0.717) is 6.04 Å². The summed E-state index contributed by atoms with van der Waals surface area (Å²) in [6.45, 7) is 1.91. The van der Waals surface area contributed by atoms with E-state index >= 15 is 0 Å². The summed E-state index contributed by atoms with van der Waals surface area (Å²) in [5.41, 5.74) is 1.12. The quantitative estimate of drug-likeness (QED) is 0.608. The van der Waals surface area contributed by atoms with Gasteiger partial charge in [0.1, 0.15) is 11.0 Å². The normalized spacial score (nSPS) is 18.3. The Hall–Kier alpha value is -0.660. The van der Waals surface area contributed by atoms with Crippen molar-refractivity contribution >= 4 is 29.1 Å². The smallest absolute Gasteiger partial charge is 0.325 e. The van der Waals surface area contributed by atoms with E-state index in [1.165, 1.54) is 18.4 Å². The van der Waals surface area contributed by atoms with E-state index in [1.807, 2.05) is 6.92 Å². The molecule has 0 saturated heterocycles. The van der Waals surface area contributed by atoms with E-state index in [4.69, 9.17) is 4.74 Å². The van der Waals surface area contributed by atoms with E-state index in [9.17, 15) is 4.79 Å². The molecular weight excluding hydrogens is 270 g/mol. The SMILES string of the molecule is COC(=O)C(C)(CCSc1nncs1)NC1CC1. The first kappa shape index (κ1) is 13.8. The van der Waals surface area contributed by atoms with Gasteiger partial charge in [-0.1, -0.05) is 23.1 Å². The maximum absolute atomic E-state index is 11.9. The van der Waals surface area contributed by atoms with Gasteiger partial charge in [0.05, 0.1) is 7.11 Å². The molecule has 100 valence electrons. The minimum atomic E-state index is -0.590. The number of esters is 1. The lowest BCUT2D eigenvalue weighted by Crippen LogP contribution is -2.51. The van der Waals surface area contributed by atoms with Gasteiger partial charge in [0.25, 0.3) is 0 Å². The van der Waals surface area contributed by atoms with Gasteiger partial charge in [-0.25, -0.2) is 0 Å². The van der Waals surface area contributed by atoms with Crippen molar-refractivity contribution in [3.05, 3.63) is 5.51 Å². The van der Waals surface area contributed by atoms with Gasteiger partial charge in [-0.15, -0.1) is 10.2 Å². The summed E-state index contributed by atoms with van der Waals surface area (Å²) in [7, 11) is 1.44. The van der Waals surface area contributed by atoms with Crippen LogP contribution in [0.5, 0.6) is 0 Å². The predicted molar refractivity (Wildman–Crippen MR) is 71.8 cm³/mol. The summed E-state index contributed by atoms with van der Waals surface area (Å²) < 4.78 is 5.83. The van der Waals surface area contributed by atoms with E-state index < -0.39 is 5.54 Å². The van der Waals surface area contributed by atoms with Crippen molar-refractivity contribution < 1.29 is 9.53 Å². The van der Waals surface area contributed by atoms with Gasteiger partial charge in [-0.2, -0.15) is 0 Å². The molecule has 5 nitrogen and oxygen atoms in total. The first-order valence-corrected chi connectivity index (χ1v) is 7.75. The van der Waals surface area contributed by atoms with Crippen LogP contribution >= 0.6 is 23.1 Å². The summed E-state index contributed by atoms with van der Waals surface area (Å²) in [5.74, 6) is 0.632. The third-order valence-electron chi connectivity index (χ3n) is 2.90. The second kappa shape index (κ2) is 5.99. The highest BCUT2D eigenvalue weighted by molar-refractivity contribution is 8.00. The highest BCUT2D eigenvalue weighted by Crippen LogP contribution is 2.27. The number of thioether (sulfide) groups is 1. The predicted octanol–water partition coefficient (Wildman–Crippen LogP) is 1.70. The lowest BCUT2D eigenvalue weighted by Gasteiger charge is -2.27. The molecule has 0 radical (unpaired) electrons. The molecule has 1 unspecified atom stereocenters. The van der Waals surface area contributed by atoms with Crippen LogP contribution in [0.25, 0.3) is 0 Å². The summed E-state index contributed by atoms with van der Waals surface area (Å²) in [5, 5.41) is 11.1. The van der Waals surface area contributed by atoms with Crippen LogP contribution in [0.4, 0.5) is 0 Å². The van der Waals surface area contributed by atoms with Crippen molar-refractivity contribution in [3.63, 3.8) is 0 Å². The number of carbonyl (C=O) groups is 1. The zero-order valence-electron chi connectivity index (χ0n) is 10.5. The summed E-state index contributed by atoms with van der Waals surface area (Å²) in [6, 6.07) is 0.473. The molecular formula is C11H17N3O2S2. The number of hydrogen-bond donors (Lipinski definition) is 1. The molecule has 0 aliphatic heterocycles. The van der Waals surface area contributed by atoms with Crippen molar-refractivity contribution in [3.8, 4) is 0 Å². The number of rotatable bonds is 7. The van der Waals surface area contributed by atoms with Gasteiger partial charge >= 0.3 is 5.97 Å². The zero-order chi connectivity index (χ0) is 13.0. The van der Waals surface area contributed by atoms with Crippen LogP contribution in [-0.4, -0.2) is 40.6 Å². The number of methoxy groups -OCH3 is 1. The fraction of sp³-hybridized carbons (Fsp3) is 0.727. The number of hydrogen-bond acceptors (Lipinski definition) is 7. The van der Waals surface area contributed by atoms with Crippen molar-refractivity contribution in [2.24, 2.45) is 0 Å². The van der Waals surface area contributed by atoms with Crippen LogP contribution in [-0.2, 0) is 9.53 Å². The standard InChI is InChI=1S/C11H17N3O2S2/c1-11(9(15)16-2,13-8-3-4-8)5-6-17-10-14-12-7-18-10/h7-8,13H,3-6H2,1-2H3. The second-order valence-corrected chi connectivity index (χ2v) is 6.72. The Morgan fingerprint density at radius 2 is 2.50 bits per heavy atom. The Kier molecular flexibility index (Phi) is 4.58. The van der Waals surface area contributed by atoms with Gasteiger partial charge in [-0.3, -0.25) is 10.1 Å². The van der Waals surface area contributed by atoms with Crippen LogP contribution in [0.3, 0.4) is 0 Å². The number of ether oxygens (including phenoxy) is 1. The summed E-state index contributed by atoms with van der Waals surface area (Å²) in [4.78, 5) is 11.9. The molecule has 1 saturated carbocycles. The minimum Gasteiger partial charge on any atom is -0.468 e. The summed E-state index contributed by atoms with van der Waals surface area (Å²) in [6.07, 6.45) is 3.02. The molecule has 1 fully saturated rings. The first-order chi connectivity index (χ1) is 8.64. The van der Waals surface area contributed by atoms with Crippen LogP contribution in [0.1, 0.15) is 26.2 Å². The van der Waals surface area contributed by atoms with Gasteiger partial charge in [0, 0.05) is 11.8 Å². The second-order valence-electron chi connectivity index (χ2n) is 4.55. The first-order valence-electron chi connectivity index (χ1n) is 5.89. The molecule has 7 heteroatoms. The van der Waals surface area contributed by atoms with E-state index in [1.54, 1.807) is 17.3 Å². The monoisotopic (exact) mass is 287 g/mol. The molecule has 1 aliphatic carbocycles. The third kappa shape index (κ3) is 3.66. The summed E-state index contributed by atoms with van der Waals surface area (Å²) >= 11 is 3.14. The molecule has 1 atom stereocenters. The lowest BCUT2D eigenvalue weighted by molar-refractivity contribution is -0.148. The van der Waals surface area contributed by atoms with E-state index in [-0.39, 0.29) is 5.97 Å². The average Bonchev–Trinajstić information content (AvgIpc) is 3.01. The highest BCUT2D eigenvalue weighted by atomic mass is 32.2. The Balaban J connectivity index is 1.85.